The first-order valence-electron chi connectivity index (χ1n) is 7.33. The molecule has 1 aromatic carbocycles. The number of aryl methyl sites for hydroxylation is 1. The van der Waals surface area contributed by atoms with Gasteiger partial charge in [0.25, 0.3) is 5.91 Å². The van der Waals surface area contributed by atoms with Crippen molar-refractivity contribution in [3.63, 3.8) is 0 Å². The van der Waals surface area contributed by atoms with Crippen molar-refractivity contribution in [1.82, 2.24) is 9.97 Å². The summed E-state index contributed by atoms with van der Waals surface area (Å²) in [7, 11) is 0. The normalized spacial score (nSPS) is 10.4. The van der Waals surface area contributed by atoms with E-state index < -0.39 is 0 Å². The number of benzene rings is 1. The molecule has 1 N–H and O–H groups in total. The second-order valence-electron chi connectivity index (χ2n) is 5.33. The van der Waals surface area contributed by atoms with Crippen LogP contribution in [-0.2, 0) is 0 Å². The smallest absolute Gasteiger partial charge is 0.275 e. The molecular weight excluding hydrogens is 322 g/mol. The molecule has 1 amide bonds. The monoisotopic (exact) mass is 337 g/mol. The average Bonchev–Trinajstić information content (AvgIpc) is 3.05. The SMILES string of the molecule is CC(=O)c1ccc(C)cc1NC(=O)c1csc(-c2ccncc2)n1. The first kappa shape index (κ1) is 16.0. The van der Waals surface area contributed by atoms with Gasteiger partial charge in [-0.25, -0.2) is 4.98 Å². The summed E-state index contributed by atoms with van der Waals surface area (Å²) in [5.74, 6) is -0.430. The Morgan fingerprint density at radius 3 is 2.58 bits per heavy atom. The van der Waals surface area contributed by atoms with Crippen molar-refractivity contribution in [3.05, 3.63) is 64.9 Å². The maximum Gasteiger partial charge on any atom is 0.275 e. The van der Waals surface area contributed by atoms with Crippen LogP contribution in [0.15, 0.2) is 48.1 Å². The Morgan fingerprint density at radius 2 is 1.88 bits per heavy atom. The Morgan fingerprint density at radius 1 is 1.12 bits per heavy atom. The highest BCUT2D eigenvalue weighted by Crippen LogP contribution is 2.24. The third-order valence-electron chi connectivity index (χ3n) is 3.47. The van der Waals surface area contributed by atoms with E-state index >= 15 is 0 Å². The molecule has 2 heterocycles. The van der Waals surface area contributed by atoms with Crippen LogP contribution in [0.4, 0.5) is 5.69 Å². The molecule has 0 aliphatic rings. The lowest BCUT2D eigenvalue weighted by molar-refractivity contribution is 0.101. The Labute approximate surface area is 143 Å². The fraction of sp³-hybridized carbons (Fsp3) is 0.111. The molecule has 0 saturated heterocycles. The second kappa shape index (κ2) is 6.72. The molecule has 0 saturated carbocycles. The summed E-state index contributed by atoms with van der Waals surface area (Å²) in [4.78, 5) is 32.5. The fourth-order valence-electron chi connectivity index (χ4n) is 2.26. The van der Waals surface area contributed by atoms with Crippen molar-refractivity contribution in [2.24, 2.45) is 0 Å². The van der Waals surface area contributed by atoms with Crippen LogP contribution in [0.2, 0.25) is 0 Å². The van der Waals surface area contributed by atoms with Crippen molar-refractivity contribution >= 4 is 28.7 Å². The topological polar surface area (TPSA) is 72.0 Å². The Balaban J connectivity index is 1.85. The standard InChI is InChI=1S/C18H15N3O2S/c1-11-3-4-14(12(2)22)15(9-11)20-17(23)16-10-24-18(21-16)13-5-7-19-8-6-13/h3-10H,1-2H3,(H,20,23). The Bertz CT molecular complexity index is 904. The molecule has 24 heavy (non-hydrogen) atoms. The number of pyridine rings is 1. The summed E-state index contributed by atoms with van der Waals surface area (Å²) in [6.07, 6.45) is 3.37. The number of thiazole rings is 1. The molecule has 5 nitrogen and oxygen atoms in total. The van der Waals surface area contributed by atoms with Gasteiger partial charge in [-0.05, 0) is 43.7 Å². The van der Waals surface area contributed by atoms with E-state index in [1.165, 1.54) is 18.3 Å². The Hall–Kier alpha value is -2.86. The molecule has 0 fully saturated rings. The van der Waals surface area contributed by atoms with Gasteiger partial charge in [0.1, 0.15) is 10.7 Å². The summed E-state index contributed by atoms with van der Waals surface area (Å²) in [5, 5.41) is 5.24. The van der Waals surface area contributed by atoms with Gasteiger partial charge >= 0.3 is 0 Å². The van der Waals surface area contributed by atoms with Gasteiger partial charge in [0.15, 0.2) is 5.78 Å². The van der Waals surface area contributed by atoms with Crippen LogP contribution >= 0.6 is 11.3 Å². The number of amides is 1. The highest BCUT2D eigenvalue weighted by molar-refractivity contribution is 7.13. The highest BCUT2D eigenvalue weighted by Gasteiger charge is 2.15. The number of anilines is 1. The Kier molecular flexibility index (Phi) is 4.48. The number of ketones is 1. The predicted molar refractivity (Wildman–Crippen MR) is 94.5 cm³/mol. The van der Waals surface area contributed by atoms with Crippen LogP contribution in [-0.4, -0.2) is 21.7 Å². The van der Waals surface area contributed by atoms with Gasteiger partial charge in [0.05, 0.1) is 5.69 Å². The van der Waals surface area contributed by atoms with Gasteiger partial charge < -0.3 is 5.32 Å². The van der Waals surface area contributed by atoms with Crippen molar-refractivity contribution in [3.8, 4) is 10.6 Å². The van der Waals surface area contributed by atoms with Crippen molar-refractivity contribution in [2.75, 3.05) is 5.32 Å². The van der Waals surface area contributed by atoms with Crippen molar-refractivity contribution in [1.29, 1.82) is 0 Å². The van der Waals surface area contributed by atoms with Crippen LogP contribution in [0.3, 0.4) is 0 Å². The zero-order valence-electron chi connectivity index (χ0n) is 13.2. The van der Waals surface area contributed by atoms with Gasteiger partial charge in [-0.1, -0.05) is 6.07 Å². The zero-order valence-corrected chi connectivity index (χ0v) is 14.1. The number of nitrogens with zero attached hydrogens (tertiary/aromatic N) is 2. The summed E-state index contributed by atoms with van der Waals surface area (Å²) >= 11 is 1.39. The molecule has 0 atom stereocenters. The number of nitrogens with one attached hydrogen (secondary N) is 1. The molecule has 0 aliphatic heterocycles. The molecule has 6 heteroatoms. The van der Waals surface area contributed by atoms with Gasteiger partial charge in [-0.3, -0.25) is 14.6 Å². The van der Waals surface area contributed by atoms with E-state index in [4.69, 9.17) is 0 Å². The van der Waals surface area contributed by atoms with E-state index in [0.717, 1.165) is 16.1 Å². The number of rotatable bonds is 4. The van der Waals surface area contributed by atoms with Gasteiger partial charge in [0, 0.05) is 28.9 Å². The van der Waals surface area contributed by atoms with E-state index in [2.05, 4.69) is 15.3 Å². The molecule has 120 valence electrons. The minimum Gasteiger partial charge on any atom is -0.320 e. The van der Waals surface area contributed by atoms with E-state index in [9.17, 15) is 9.59 Å². The van der Waals surface area contributed by atoms with Crippen LogP contribution in [0.25, 0.3) is 10.6 Å². The van der Waals surface area contributed by atoms with E-state index in [1.807, 2.05) is 25.1 Å². The third-order valence-corrected chi connectivity index (χ3v) is 4.36. The van der Waals surface area contributed by atoms with Crippen molar-refractivity contribution in [2.45, 2.75) is 13.8 Å². The van der Waals surface area contributed by atoms with Gasteiger partial charge in [-0.15, -0.1) is 11.3 Å². The number of Topliss-reactive ketones (excluding diaryl/α,β-unsaturated/α-hetero) is 1. The predicted octanol–water partition coefficient (Wildman–Crippen LogP) is 3.97. The number of hydrogen-bond donors (Lipinski definition) is 1. The van der Waals surface area contributed by atoms with E-state index in [1.54, 1.807) is 29.9 Å². The first-order chi connectivity index (χ1) is 11.5. The summed E-state index contributed by atoms with van der Waals surface area (Å²) in [6, 6.07) is 9.03. The van der Waals surface area contributed by atoms with E-state index in [0.29, 0.717) is 16.9 Å². The molecule has 0 unspecified atom stereocenters. The molecule has 0 aliphatic carbocycles. The number of hydrogen-bond acceptors (Lipinski definition) is 5. The number of carbonyl (C=O) groups is 2. The van der Waals surface area contributed by atoms with Crippen LogP contribution < -0.4 is 5.32 Å². The largest absolute Gasteiger partial charge is 0.320 e. The minimum atomic E-state index is -0.334. The molecule has 2 aromatic heterocycles. The number of carbonyl (C=O) groups excluding carboxylic acids is 2. The lowest BCUT2D eigenvalue weighted by atomic mass is 10.1. The summed E-state index contributed by atoms with van der Waals surface area (Å²) < 4.78 is 0. The van der Waals surface area contributed by atoms with Crippen LogP contribution in [0.5, 0.6) is 0 Å². The third kappa shape index (κ3) is 3.38. The molecule has 0 bridgehead atoms. The summed E-state index contributed by atoms with van der Waals surface area (Å²) in [5.41, 5.74) is 3.19. The lowest BCUT2D eigenvalue weighted by Crippen LogP contribution is -2.15. The molecule has 0 spiro atoms. The fourth-order valence-corrected chi connectivity index (χ4v) is 3.07. The molecule has 3 aromatic rings. The van der Waals surface area contributed by atoms with Gasteiger partial charge in [-0.2, -0.15) is 0 Å². The quantitative estimate of drug-likeness (QED) is 0.731. The maximum absolute atomic E-state index is 12.5. The molecule has 3 rings (SSSR count). The highest BCUT2D eigenvalue weighted by atomic mass is 32.1. The zero-order chi connectivity index (χ0) is 17.1. The van der Waals surface area contributed by atoms with Crippen LogP contribution in [0.1, 0.15) is 33.3 Å². The maximum atomic E-state index is 12.5. The minimum absolute atomic E-state index is 0.0962. The van der Waals surface area contributed by atoms with Gasteiger partial charge in [0.2, 0.25) is 0 Å². The molecule has 0 radical (unpaired) electrons. The second-order valence-corrected chi connectivity index (χ2v) is 6.19. The average molecular weight is 337 g/mol. The van der Waals surface area contributed by atoms with E-state index in [-0.39, 0.29) is 11.7 Å². The first-order valence-corrected chi connectivity index (χ1v) is 8.21. The summed E-state index contributed by atoms with van der Waals surface area (Å²) in [6.45, 7) is 3.38. The lowest BCUT2D eigenvalue weighted by Gasteiger charge is -2.09. The van der Waals surface area contributed by atoms with Crippen LogP contribution in [0, 0.1) is 6.92 Å². The van der Waals surface area contributed by atoms with Crippen molar-refractivity contribution < 1.29 is 9.59 Å². The number of aromatic nitrogens is 2. The molecular formula is C18H15N3O2S.